The van der Waals surface area contributed by atoms with E-state index in [0.717, 1.165) is 5.54 Å². The summed E-state index contributed by atoms with van der Waals surface area (Å²) >= 11 is 0. The van der Waals surface area contributed by atoms with E-state index in [-0.39, 0.29) is 0 Å². The highest BCUT2D eigenvalue weighted by molar-refractivity contribution is 6.71. The highest BCUT2D eigenvalue weighted by atomic mass is 28.3. The number of allylic oxidation sites excluding steroid dienone is 2. The highest BCUT2D eigenvalue weighted by Gasteiger charge is 2.15. The highest BCUT2D eigenvalue weighted by Crippen LogP contribution is 2.22. The normalized spacial score (nSPS) is 17.5. The molecule has 0 atom stereocenters. The Bertz CT molecular complexity index is 131. The van der Waals surface area contributed by atoms with Gasteiger partial charge in [-0.25, -0.2) is 0 Å². The minimum absolute atomic E-state index is 0.557. The molecule has 0 fully saturated rings. The average Bonchev–Trinajstić information content (AvgIpc) is 2.43. The van der Waals surface area contributed by atoms with Crippen molar-refractivity contribution in [3.63, 3.8) is 0 Å². The summed E-state index contributed by atoms with van der Waals surface area (Å²) in [6.45, 7) is 4.61. The molecule has 0 unspecified atom stereocenters. The Hall–Kier alpha value is -0.303. The quantitative estimate of drug-likeness (QED) is 0.545. The molecule has 1 aliphatic rings. The van der Waals surface area contributed by atoms with Crippen LogP contribution < -0.4 is 0 Å². The zero-order valence-corrected chi connectivity index (χ0v) is 8.03. The Balaban J connectivity index is 2.45. The summed E-state index contributed by atoms with van der Waals surface area (Å²) in [5.74, 6) is 0. The molecule has 0 spiro atoms. The van der Waals surface area contributed by atoms with Crippen molar-refractivity contribution in [1.29, 1.82) is 0 Å². The maximum absolute atomic E-state index is 2.44. The van der Waals surface area contributed by atoms with E-state index in [0.29, 0.717) is 0 Å². The second kappa shape index (κ2) is 3.77. The standard InChI is InChI=1S/C9H16Si/c1-3-9(4-2)10-7-5-6-8-10/h5-10H,3-4H2,1-2H3. The van der Waals surface area contributed by atoms with Gasteiger partial charge in [-0.3, -0.25) is 0 Å². The number of hydrogen-bond donors (Lipinski definition) is 0. The fourth-order valence-electron chi connectivity index (χ4n) is 1.60. The van der Waals surface area contributed by atoms with Crippen LogP contribution in [0.1, 0.15) is 26.7 Å². The van der Waals surface area contributed by atoms with Crippen molar-refractivity contribution in [2.45, 2.75) is 32.2 Å². The molecule has 10 heavy (non-hydrogen) atoms. The summed E-state index contributed by atoms with van der Waals surface area (Å²) in [7, 11) is -0.557. The lowest BCUT2D eigenvalue weighted by Gasteiger charge is -2.14. The summed E-state index contributed by atoms with van der Waals surface area (Å²) in [5.41, 5.74) is 5.89. The van der Waals surface area contributed by atoms with Crippen LogP contribution in [0.2, 0.25) is 5.54 Å². The minimum Gasteiger partial charge on any atom is -0.0932 e. The number of rotatable bonds is 3. The van der Waals surface area contributed by atoms with Crippen LogP contribution in [-0.2, 0) is 0 Å². The van der Waals surface area contributed by atoms with Crippen molar-refractivity contribution in [3.05, 3.63) is 23.6 Å². The van der Waals surface area contributed by atoms with Crippen molar-refractivity contribution in [1.82, 2.24) is 0 Å². The molecule has 56 valence electrons. The Kier molecular flexibility index (Phi) is 2.94. The molecule has 0 radical (unpaired) electrons. The molecule has 1 heterocycles. The van der Waals surface area contributed by atoms with Gasteiger partial charge < -0.3 is 0 Å². The fourth-order valence-corrected chi connectivity index (χ4v) is 4.21. The third-order valence-corrected chi connectivity index (χ3v) is 5.74. The van der Waals surface area contributed by atoms with Crippen LogP contribution in [0.15, 0.2) is 23.6 Å². The van der Waals surface area contributed by atoms with Gasteiger partial charge in [-0.05, 0) is 5.54 Å². The second-order valence-electron chi connectivity index (χ2n) is 2.92. The van der Waals surface area contributed by atoms with Crippen LogP contribution in [0, 0.1) is 0 Å². The molecule has 0 N–H and O–H groups in total. The molecule has 0 aromatic heterocycles. The van der Waals surface area contributed by atoms with E-state index in [1.807, 2.05) is 0 Å². The zero-order valence-electron chi connectivity index (χ0n) is 6.88. The largest absolute Gasteiger partial charge is 0.0932 e. The fraction of sp³-hybridized carbons (Fsp3) is 0.556. The van der Waals surface area contributed by atoms with E-state index in [9.17, 15) is 0 Å². The van der Waals surface area contributed by atoms with Gasteiger partial charge in [-0.15, -0.1) is 0 Å². The summed E-state index contributed by atoms with van der Waals surface area (Å²) in [6, 6.07) is 0. The average molecular weight is 152 g/mol. The van der Waals surface area contributed by atoms with Gasteiger partial charge in [0.2, 0.25) is 0 Å². The van der Waals surface area contributed by atoms with Gasteiger partial charge in [-0.1, -0.05) is 50.2 Å². The molecule has 0 amide bonds. The van der Waals surface area contributed by atoms with Crippen LogP contribution in [0.25, 0.3) is 0 Å². The zero-order chi connectivity index (χ0) is 7.40. The first-order chi connectivity index (χ1) is 4.88. The van der Waals surface area contributed by atoms with E-state index < -0.39 is 8.80 Å². The van der Waals surface area contributed by atoms with Crippen LogP contribution in [0.4, 0.5) is 0 Å². The first-order valence-corrected chi connectivity index (χ1v) is 6.23. The smallest absolute Gasteiger partial charge is 0.0882 e. The maximum Gasteiger partial charge on any atom is 0.0882 e. The van der Waals surface area contributed by atoms with Gasteiger partial charge in [0.25, 0.3) is 0 Å². The Morgan fingerprint density at radius 2 is 1.60 bits per heavy atom. The molecule has 0 aromatic rings. The van der Waals surface area contributed by atoms with Gasteiger partial charge in [0.1, 0.15) is 0 Å². The minimum atomic E-state index is -0.557. The Labute approximate surface area is 65.3 Å². The lowest BCUT2D eigenvalue weighted by atomic mass is 10.3. The number of hydrogen-bond acceptors (Lipinski definition) is 0. The van der Waals surface area contributed by atoms with Crippen LogP contribution >= 0.6 is 0 Å². The van der Waals surface area contributed by atoms with Gasteiger partial charge in [0.05, 0.1) is 8.80 Å². The van der Waals surface area contributed by atoms with Crippen LogP contribution in [0.5, 0.6) is 0 Å². The van der Waals surface area contributed by atoms with Gasteiger partial charge in [0, 0.05) is 0 Å². The summed E-state index contributed by atoms with van der Waals surface area (Å²) < 4.78 is 0. The monoisotopic (exact) mass is 152 g/mol. The lowest BCUT2D eigenvalue weighted by molar-refractivity contribution is 0.756. The molecule has 0 saturated carbocycles. The molecule has 0 nitrogen and oxygen atoms in total. The van der Waals surface area contributed by atoms with E-state index in [4.69, 9.17) is 0 Å². The molecular formula is C9H16Si. The summed E-state index contributed by atoms with van der Waals surface area (Å²) in [5, 5.41) is 0. The Morgan fingerprint density at radius 1 is 1.10 bits per heavy atom. The van der Waals surface area contributed by atoms with E-state index in [1.165, 1.54) is 12.8 Å². The molecular weight excluding hydrogens is 136 g/mol. The topological polar surface area (TPSA) is 0 Å². The first-order valence-electron chi connectivity index (χ1n) is 4.23. The van der Waals surface area contributed by atoms with Crippen molar-refractivity contribution in [3.8, 4) is 0 Å². The molecule has 1 aliphatic heterocycles. The lowest BCUT2D eigenvalue weighted by Crippen LogP contribution is -2.12. The van der Waals surface area contributed by atoms with E-state index in [1.54, 1.807) is 0 Å². The third-order valence-electron chi connectivity index (χ3n) is 2.37. The van der Waals surface area contributed by atoms with E-state index in [2.05, 4.69) is 37.4 Å². The van der Waals surface area contributed by atoms with Crippen molar-refractivity contribution < 1.29 is 0 Å². The van der Waals surface area contributed by atoms with Crippen molar-refractivity contribution in [2.24, 2.45) is 0 Å². The third kappa shape index (κ3) is 1.60. The maximum atomic E-state index is 2.44. The molecule has 0 aliphatic carbocycles. The Morgan fingerprint density at radius 3 is 2.00 bits per heavy atom. The predicted molar refractivity (Wildman–Crippen MR) is 49.8 cm³/mol. The first kappa shape index (κ1) is 7.80. The van der Waals surface area contributed by atoms with Crippen LogP contribution in [0.3, 0.4) is 0 Å². The van der Waals surface area contributed by atoms with Gasteiger partial charge in [-0.2, -0.15) is 0 Å². The second-order valence-corrected chi connectivity index (χ2v) is 5.79. The van der Waals surface area contributed by atoms with E-state index >= 15 is 0 Å². The summed E-state index contributed by atoms with van der Waals surface area (Å²) in [4.78, 5) is 0. The van der Waals surface area contributed by atoms with Gasteiger partial charge in [0.15, 0.2) is 0 Å². The predicted octanol–water partition coefficient (Wildman–Crippen LogP) is 2.61. The summed E-state index contributed by atoms with van der Waals surface area (Å²) in [6.07, 6.45) is 7.16. The molecule has 0 aromatic carbocycles. The molecule has 1 rings (SSSR count). The van der Waals surface area contributed by atoms with Crippen molar-refractivity contribution >= 4 is 8.80 Å². The van der Waals surface area contributed by atoms with Gasteiger partial charge >= 0.3 is 0 Å². The molecule has 0 saturated heterocycles. The van der Waals surface area contributed by atoms with Crippen molar-refractivity contribution in [2.75, 3.05) is 0 Å². The molecule has 0 bridgehead atoms. The SMILES string of the molecule is CCC(CC)[SiH]1C=CC=C1. The molecule has 1 heteroatoms. The van der Waals surface area contributed by atoms with Crippen LogP contribution in [-0.4, -0.2) is 8.80 Å².